The molecule has 1 aliphatic heterocycles. The van der Waals surface area contributed by atoms with Gasteiger partial charge in [0, 0.05) is 5.02 Å². The number of halogens is 3. The number of methoxy groups -OCH3 is 2. The molecule has 0 unspecified atom stereocenters. The summed E-state index contributed by atoms with van der Waals surface area (Å²) in [4.78, 5) is 26.2. The van der Waals surface area contributed by atoms with E-state index < -0.39 is 5.97 Å². The van der Waals surface area contributed by atoms with Crippen molar-refractivity contribution in [3.8, 4) is 11.5 Å². The minimum Gasteiger partial charge on any atom is -0.493 e. The number of amides is 1. The Kier molecular flexibility index (Phi) is 8.08. The molecule has 0 atom stereocenters. The van der Waals surface area contributed by atoms with Crippen molar-refractivity contribution >= 4 is 97.7 Å². The van der Waals surface area contributed by atoms with Gasteiger partial charge in [-0.25, -0.2) is 4.79 Å². The van der Waals surface area contributed by atoms with Crippen LogP contribution in [0.5, 0.6) is 11.5 Å². The second kappa shape index (κ2) is 10.4. The SMILES string of the molecule is COC(=O)COc1c(I)cc(/C=C2/SC(=S)N(c3ccc(Cl)cc3Cl)C2=O)cc1OC. The lowest BCUT2D eigenvalue weighted by atomic mass is 10.1. The molecule has 0 bridgehead atoms. The number of benzene rings is 2. The van der Waals surface area contributed by atoms with Crippen LogP contribution in [0.2, 0.25) is 10.0 Å². The molecule has 0 spiro atoms. The van der Waals surface area contributed by atoms with Gasteiger partial charge in [0.15, 0.2) is 22.4 Å². The fourth-order valence-corrected chi connectivity index (χ4v) is 5.20. The second-order valence-corrected chi connectivity index (χ2v) is 9.69. The number of thiocarbonyl (C=S) groups is 1. The van der Waals surface area contributed by atoms with Gasteiger partial charge in [0.05, 0.1) is 33.4 Å². The van der Waals surface area contributed by atoms with Gasteiger partial charge in [0.2, 0.25) is 0 Å². The number of anilines is 1. The molecule has 6 nitrogen and oxygen atoms in total. The zero-order valence-electron chi connectivity index (χ0n) is 16.1. The molecule has 1 aliphatic rings. The molecule has 31 heavy (non-hydrogen) atoms. The van der Waals surface area contributed by atoms with Gasteiger partial charge in [-0.1, -0.05) is 47.2 Å². The highest BCUT2D eigenvalue weighted by atomic mass is 127. The predicted octanol–water partition coefficient (Wildman–Crippen LogP) is 5.56. The molecule has 0 aliphatic carbocycles. The Morgan fingerprint density at radius 2 is 2.00 bits per heavy atom. The summed E-state index contributed by atoms with van der Waals surface area (Å²) in [6, 6.07) is 8.36. The molecular weight excluding hydrogens is 596 g/mol. The minimum absolute atomic E-state index is 0.247. The summed E-state index contributed by atoms with van der Waals surface area (Å²) in [5, 5.41) is 0.791. The Bertz CT molecular complexity index is 1110. The molecule has 162 valence electrons. The van der Waals surface area contributed by atoms with E-state index >= 15 is 0 Å². The number of carbonyl (C=O) groups excluding carboxylic acids is 2. The van der Waals surface area contributed by atoms with E-state index in [4.69, 9.17) is 44.9 Å². The lowest BCUT2D eigenvalue weighted by Gasteiger charge is -2.16. The summed E-state index contributed by atoms with van der Waals surface area (Å²) in [7, 11) is 2.77. The molecule has 11 heteroatoms. The zero-order valence-corrected chi connectivity index (χ0v) is 21.4. The summed E-state index contributed by atoms with van der Waals surface area (Å²) in [5.74, 6) is 0.0232. The van der Waals surface area contributed by atoms with Crippen LogP contribution in [0.25, 0.3) is 6.08 Å². The molecule has 3 rings (SSSR count). The number of hydrogen-bond donors (Lipinski definition) is 0. The van der Waals surface area contributed by atoms with E-state index in [1.54, 1.807) is 36.4 Å². The number of carbonyl (C=O) groups is 2. The van der Waals surface area contributed by atoms with E-state index in [0.29, 0.717) is 45.6 Å². The first-order valence-corrected chi connectivity index (χ1v) is 11.6. The van der Waals surface area contributed by atoms with Crippen LogP contribution in [0.1, 0.15) is 5.56 Å². The van der Waals surface area contributed by atoms with E-state index in [1.807, 2.05) is 0 Å². The molecule has 0 saturated carbocycles. The molecule has 1 heterocycles. The summed E-state index contributed by atoms with van der Waals surface area (Å²) < 4.78 is 16.6. The van der Waals surface area contributed by atoms with E-state index in [-0.39, 0.29) is 12.5 Å². The lowest BCUT2D eigenvalue weighted by molar-refractivity contribution is -0.142. The third-order valence-electron chi connectivity index (χ3n) is 4.06. The average molecular weight is 610 g/mol. The molecule has 1 saturated heterocycles. The fraction of sp³-hybridized carbons (Fsp3) is 0.150. The Labute approximate surface area is 211 Å². The number of hydrogen-bond acceptors (Lipinski definition) is 7. The van der Waals surface area contributed by atoms with Crippen LogP contribution in [0.4, 0.5) is 5.69 Å². The highest BCUT2D eigenvalue weighted by Gasteiger charge is 2.34. The van der Waals surface area contributed by atoms with Gasteiger partial charge >= 0.3 is 5.97 Å². The van der Waals surface area contributed by atoms with Crippen molar-refractivity contribution in [2.45, 2.75) is 0 Å². The number of ether oxygens (including phenoxy) is 3. The van der Waals surface area contributed by atoms with Crippen molar-refractivity contribution in [1.82, 2.24) is 0 Å². The first kappa shape index (κ1) is 24.1. The van der Waals surface area contributed by atoms with E-state index in [0.717, 1.165) is 0 Å². The molecule has 1 amide bonds. The molecule has 2 aromatic rings. The van der Waals surface area contributed by atoms with Gasteiger partial charge in [-0.2, -0.15) is 0 Å². The third-order valence-corrected chi connectivity index (χ3v) is 6.70. The van der Waals surface area contributed by atoms with Crippen molar-refractivity contribution in [3.63, 3.8) is 0 Å². The predicted molar refractivity (Wildman–Crippen MR) is 135 cm³/mol. The molecule has 0 aromatic heterocycles. The van der Waals surface area contributed by atoms with Crippen LogP contribution in [0, 0.1) is 3.57 Å². The van der Waals surface area contributed by atoms with E-state index in [2.05, 4.69) is 27.3 Å². The van der Waals surface area contributed by atoms with Crippen molar-refractivity contribution in [3.05, 3.63) is 54.4 Å². The smallest absolute Gasteiger partial charge is 0.343 e. The quantitative estimate of drug-likeness (QED) is 0.184. The first-order valence-electron chi connectivity index (χ1n) is 8.55. The molecule has 1 fully saturated rings. The van der Waals surface area contributed by atoms with Crippen LogP contribution >= 0.6 is 69.8 Å². The third kappa shape index (κ3) is 5.46. The van der Waals surface area contributed by atoms with Gasteiger partial charge in [0.1, 0.15) is 0 Å². The number of thioether (sulfide) groups is 1. The summed E-state index contributed by atoms with van der Waals surface area (Å²) in [6.07, 6.45) is 1.71. The summed E-state index contributed by atoms with van der Waals surface area (Å²) >= 11 is 20.8. The van der Waals surface area contributed by atoms with Crippen molar-refractivity contribution < 1.29 is 23.8 Å². The number of esters is 1. The van der Waals surface area contributed by atoms with Gasteiger partial charge < -0.3 is 14.2 Å². The van der Waals surface area contributed by atoms with Crippen molar-refractivity contribution in [2.75, 3.05) is 25.7 Å². The normalized spacial score (nSPS) is 14.9. The Morgan fingerprint density at radius 3 is 2.65 bits per heavy atom. The average Bonchev–Trinajstić information content (AvgIpc) is 2.99. The van der Waals surface area contributed by atoms with E-state index in [9.17, 15) is 9.59 Å². The van der Waals surface area contributed by atoms with Crippen molar-refractivity contribution in [1.29, 1.82) is 0 Å². The Morgan fingerprint density at radius 1 is 1.26 bits per heavy atom. The largest absolute Gasteiger partial charge is 0.493 e. The van der Waals surface area contributed by atoms with E-state index in [1.165, 1.54) is 30.9 Å². The standard InChI is InChI=1S/C20H14Cl2INO5S2/c1-27-15-6-10(5-13(23)18(15)29-9-17(25)28-2)7-16-19(26)24(20(30)31-16)14-4-3-11(21)8-12(14)22/h3-8H,9H2,1-2H3/b16-7+. The first-order chi connectivity index (χ1) is 14.7. The number of rotatable bonds is 6. The van der Waals surface area contributed by atoms with Crippen molar-refractivity contribution in [2.24, 2.45) is 0 Å². The lowest BCUT2D eigenvalue weighted by Crippen LogP contribution is -2.27. The van der Waals surface area contributed by atoms with Crippen LogP contribution < -0.4 is 14.4 Å². The summed E-state index contributed by atoms with van der Waals surface area (Å²) in [5.41, 5.74) is 1.17. The van der Waals surface area contributed by atoms with Crippen LogP contribution in [-0.4, -0.2) is 37.0 Å². The van der Waals surface area contributed by atoms with Gasteiger partial charge in [-0.3, -0.25) is 9.69 Å². The maximum absolute atomic E-state index is 13.0. The Hall–Kier alpha value is -1.53. The summed E-state index contributed by atoms with van der Waals surface area (Å²) in [6.45, 7) is -0.247. The Balaban J connectivity index is 1.91. The highest BCUT2D eigenvalue weighted by molar-refractivity contribution is 14.1. The maximum atomic E-state index is 13.0. The highest BCUT2D eigenvalue weighted by Crippen LogP contribution is 2.41. The van der Waals surface area contributed by atoms with Crippen LogP contribution in [0.15, 0.2) is 35.2 Å². The van der Waals surface area contributed by atoms with Gasteiger partial charge in [-0.05, 0) is 64.6 Å². The number of nitrogens with zero attached hydrogens (tertiary/aromatic N) is 1. The second-order valence-electron chi connectivity index (χ2n) is 6.01. The molecule has 0 radical (unpaired) electrons. The van der Waals surface area contributed by atoms with Gasteiger partial charge in [0.25, 0.3) is 5.91 Å². The fourth-order valence-electron chi connectivity index (χ4n) is 2.64. The monoisotopic (exact) mass is 609 g/mol. The molecular formula is C20H14Cl2INO5S2. The maximum Gasteiger partial charge on any atom is 0.343 e. The molecule has 2 aromatic carbocycles. The topological polar surface area (TPSA) is 65.1 Å². The molecule has 0 N–H and O–H groups in total. The van der Waals surface area contributed by atoms with Crippen LogP contribution in [0.3, 0.4) is 0 Å². The minimum atomic E-state index is -0.508. The zero-order chi connectivity index (χ0) is 22.7. The van der Waals surface area contributed by atoms with Gasteiger partial charge in [-0.15, -0.1) is 0 Å². The van der Waals surface area contributed by atoms with Crippen LogP contribution in [-0.2, 0) is 14.3 Å².